The van der Waals surface area contributed by atoms with E-state index in [4.69, 9.17) is 4.74 Å². The van der Waals surface area contributed by atoms with E-state index in [9.17, 15) is 4.79 Å². The van der Waals surface area contributed by atoms with Crippen LogP contribution in [-0.2, 0) is 17.8 Å². The molecule has 0 saturated carbocycles. The van der Waals surface area contributed by atoms with Crippen LogP contribution in [0.3, 0.4) is 0 Å². The molecule has 0 heterocycles. The molecule has 0 radical (unpaired) electrons. The van der Waals surface area contributed by atoms with E-state index in [1.54, 1.807) is 6.07 Å². The van der Waals surface area contributed by atoms with E-state index in [1.165, 1.54) is 12.7 Å². The summed E-state index contributed by atoms with van der Waals surface area (Å²) in [7, 11) is 1.40. The lowest BCUT2D eigenvalue weighted by atomic mass is 10.1. The van der Waals surface area contributed by atoms with Gasteiger partial charge in [-0.1, -0.05) is 46.3 Å². The maximum Gasteiger partial charge on any atom is 0.338 e. The van der Waals surface area contributed by atoms with Crippen LogP contribution in [0.1, 0.15) is 21.5 Å². The van der Waals surface area contributed by atoms with Crippen molar-refractivity contribution < 1.29 is 9.53 Å². The summed E-state index contributed by atoms with van der Waals surface area (Å²) in [4.78, 5) is 11.7. The molecule has 0 aromatic heterocycles. The van der Waals surface area contributed by atoms with Gasteiger partial charge in [-0.15, -0.1) is 0 Å². The zero-order valence-electron chi connectivity index (χ0n) is 11.2. The molecule has 20 heavy (non-hydrogen) atoms. The summed E-state index contributed by atoms with van der Waals surface area (Å²) in [5.74, 6) is -0.301. The molecule has 0 fully saturated rings. The summed E-state index contributed by atoms with van der Waals surface area (Å²) in [6.45, 7) is 1.37. The second kappa shape index (κ2) is 7.22. The highest BCUT2D eigenvalue weighted by atomic mass is 79.9. The first-order chi connectivity index (χ1) is 9.70. The molecule has 0 bridgehead atoms. The van der Waals surface area contributed by atoms with Crippen LogP contribution in [-0.4, -0.2) is 13.1 Å². The summed E-state index contributed by atoms with van der Waals surface area (Å²) in [6, 6.07) is 15.6. The third-order valence-corrected chi connectivity index (χ3v) is 3.45. The van der Waals surface area contributed by atoms with Gasteiger partial charge in [0.1, 0.15) is 0 Å². The topological polar surface area (TPSA) is 38.3 Å². The lowest BCUT2D eigenvalue weighted by Gasteiger charge is -2.09. The fourth-order valence-corrected chi connectivity index (χ4v) is 2.42. The van der Waals surface area contributed by atoms with Crippen molar-refractivity contribution in [2.75, 3.05) is 7.11 Å². The minimum absolute atomic E-state index is 0.301. The second-order valence-electron chi connectivity index (χ2n) is 4.38. The van der Waals surface area contributed by atoms with Gasteiger partial charge in [0.2, 0.25) is 0 Å². The average Bonchev–Trinajstić information content (AvgIpc) is 2.47. The minimum atomic E-state index is -0.301. The van der Waals surface area contributed by atoms with E-state index in [2.05, 4.69) is 33.4 Å². The van der Waals surface area contributed by atoms with Crippen LogP contribution in [0.25, 0.3) is 0 Å². The number of nitrogens with one attached hydrogen (secondary N) is 1. The minimum Gasteiger partial charge on any atom is -0.465 e. The van der Waals surface area contributed by atoms with Crippen LogP contribution in [0, 0.1) is 0 Å². The van der Waals surface area contributed by atoms with Crippen LogP contribution in [0.2, 0.25) is 0 Å². The molecule has 2 aromatic carbocycles. The molecule has 0 aliphatic heterocycles. The van der Waals surface area contributed by atoms with Gasteiger partial charge in [0.05, 0.1) is 12.7 Å². The number of ether oxygens (including phenoxy) is 1. The number of hydrogen-bond acceptors (Lipinski definition) is 3. The van der Waals surface area contributed by atoms with Crippen LogP contribution < -0.4 is 5.32 Å². The maximum atomic E-state index is 11.7. The van der Waals surface area contributed by atoms with Crippen molar-refractivity contribution >= 4 is 21.9 Å². The normalized spacial score (nSPS) is 10.3. The van der Waals surface area contributed by atoms with Crippen molar-refractivity contribution in [3.8, 4) is 0 Å². The van der Waals surface area contributed by atoms with Gasteiger partial charge in [-0.05, 0) is 29.3 Å². The number of hydrogen-bond donors (Lipinski definition) is 1. The van der Waals surface area contributed by atoms with Crippen LogP contribution in [0.4, 0.5) is 0 Å². The highest BCUT2D eigenvalue weighted by Gasteiger charge is 2.10. The van der Waals surface area contributed by atoms with Crippen molar-refractivity contribution in [1.82, 2.24) is 5.32 Å². The Kier molecular flexibility index (Phi) is 5.32. The molecule has 0 aliphatic carbocycles. The maximum absolute atomic E-state index is 11.7. The average molecular weight is 334 g/mol. The van der Waals surface area contributed by atoms with Gasteiger partial charge < -0.3 is 10.1 Å². The van der Waals surface area contributed by atoms with Gasteiger partial charge in [-0.3, -0.25) is 0 Å². The predicted molar refractivity (Wildman–Crippen MR) is 82.5 cm³/mol. The van der Waals surface area contributed by atoms with E-state index >= 15 is 0 Å². The Morgan fingerprint density at radius 2 is 1.95 bits per heavy atom. The van der Waals surface area contributed by atoms with Crippen molar-refractivity contribution in [2.24, 2.45) is 0 Å². The molecule has 0 aliphatic rings. The number of esters is 1. The smallest absolute Gasteiger partial charge is 0.338 e. The molecular weight excluding hydrogens is 318 g/mol. The molecule has 2 aromatic rings. The predicted octanol–water partition coefficient (Wildman–Crippen LogP) is 3.53. The number of benzene rings is 2. The highest BCUT2D eigenvalue weighted by molar-refractivity contribution is 9.10. The fraction of sp³-hybridized carbons (Fsp3) is 0.188. The fourth-order valence-electron chi connectivity index (χ4n) is 1.97. The first-order valence-electron chi connectivity index (χ1n) is 6.32. The second-order valence-corrected chi connectivity index (χ2v) is 5.30. The SMILES string of the molecule is COC(=O)c1ccccc1CNCc1cccc(Br)c1. The zero-order chi connectivity index (χ0) is 14.4. The monoisotopic (exact) mass is 333 g/mol. The molecule has 2 rings (SSSR count). The lowest BCUT2D eigenvalue weighted by molar-refractivity contribution is 0.0599. The number of carbonyl (C=O) groups excluding carboxylic acids is 1. The summed E-state index contributed by atoms with van der Waals surface area (Å²) < 4.78 is 5.85. The van der Waals surface area contributed by atoms with Gasteiger partial charge in [0, 0.05) is 17.6 Å². The van der Waals surface area contributed by atoms with Crippen LogP contribution in [0.15, 0.2) is 53.0 Å². The van der Waals surface area contributed by atoms with Gasteiger partial charge >= 0.3 is 5.97 Å². The largest absolute Gasteiger partial charge is 0.465 e. The highest BCUT2D eigenvalue weighted by Crippen LogP contribution is 2.13. The van der Waals surface area contributed by atoms with Crippen molar-refractivity contribution in [1.29, 1.82) is 0 Å². The van der Waals surface area contributed by atoms with E-state index in [-0.39, 0.29) is 5.97 Å². The molecule has 0 saturated heterocycles. The molecule has 1 N–H and O–H groups in total. The van der Waals surface area contributed by atoms with E-state index in [0.29, 0.717) is 12.1 Å². The molecule has 0 amide bonds. The first kappa shape index (κ1) is 14.8. The van der Waals surface area contributed by atoms with Gasteiger partial charge in [-0.2, -0.15) is 0 Å². The molecule has 4 heteroatoms. The van der Waals surface area contributed by atoms with Gasteiger partial charge in [-0.25, -0.2) is 4.79 Å². The number of carbonyl (C=O) groups is 1. The zero-order valence-corrected chi connectivity index (χ0v) is 12.8. The standard InChI is InChI=1S/C16H16BrNO2/c1-20-16(19)15-8-3-2-6-13(15)11-18-10-12-5-4-7-14(17)9-12/h2-9,18H,10-11H2,1H3. The van der Waals surface area contributed by atoms with Crippen molar-refractivity contribution in [3.05, 3.63) is 69.7 Å². The molecule has 0 atom stereocenters. The number of halogens is 1. The third-order valence-electron chi connectivity index (χ3n) is 2.96. The Bertz CT molecular complexity index is 599. The Balaban J connectivity index is 1.99. The molecule has 104 valence electrons. The number of rotatable bonds is 5. The van der Waals surface area contributed by atoms with Crippen LogP contribution >= 0.6 is 15.9 Å². The third kappa shape index (κ3) is 3.92. The Hall–Kier alpha value is -1.65. The van der Waals surface area contributed by atoms with E-state index in [1.807, 2.05) is 30.3 Å². The van der Waals surface area contributed by atoms with Crippen LogP contribution in [0.5, 0.6) is 0 Å². The lowest BCUT2D eigenvalue weighted by Crippen LogP contribution is -2.16. The van der Waals surface area contributed by atoms with Crippen molar-refractivity contribution in [3.63, 3.8) is 0 Å². The first-order valence-corrected chi connectivity index (χ1v) is 7.11. The molecule has 0 spiro atoms. The Labute approximate surface area is 127 Å². The number of methoxy groups -OCH3 is 1. The quantitative estimate of drug-likeness (QED) is 0.850. The summed E-state index contributed by atoms with van der Waals surface area (Å²) >= 11 is 3.45. The Morgan fingerprint density at radius 3 is 2.70 bits per heavy atom. The van der Waals surface area contributed by atoms with Gasteiger partial charge in [0.15, 0.2) is 0 Å². The van der Waals surface area contributed by atoms with E-state index < -0.39 is 0 Å². The van der Waals surface area contributed by atoms with Crippen molar-refractivity contribution in [2.45, 2.75) is 13.1 Å². The Morgan fingerprint density at radius 1 is 1.15 bits per heavy atom. The van der Waals surface area contributed by atoms with Gasteiger partial charge in [0.25, 0.3) is 0 Å². The van der Waals surface area contributed by atoms with E-state index in [0.717, 1.165) is 16.6 Å². The summed E-state index contributed by atoms with van der Waals surface area (Å²) in [6.07, 6.45) is 0. The molecular formula is C16H16BrNO2. The summed E-state index contributed by atoms with van der Waals surface area (Å²) in [5, 5.41) is 3.34. The summed E-state index contributed by atoms with van der Waals surface area (Å²) in [5.41, 5.74) is 2.74. The molecule has 3 nitrogen and oxygen atoms in total. The molecule has 0 unspecified atom stereocenters.